The van der Waals surface area contributed by atoms with Crippen molar-refractivity contribution in [2.24, 2.45) is 0 Å². The molecule has 0 saturated carbocycles. The van der Waals surface area contributed by atoms with Crippen LogP contribution in [0, 0.1) is 20.8 Å². The molecule has 5 aromatic rings. The van der Waals surface area contributed by atoms with E-state index in [1.165, 1.54) is 22.3 Å². The number of aryl methyl sites for hydroxylation is 3. The molecule has 0 spiro atoms. The van der Waals surface area contributed by atoms with Crippen molar-refractivity contribution >= 4 is 52.3 Å². The summed E-state index contributed by atoms with van der Waals surface area (Å²) in [6.07, 6.45) is 8.12. The van der Waals surface area contributed by atoms with Crippen molar-refractivity contribution in [1.29, 1.82) is 0 Å². The molecule has 5 heterocycles. The second-order valence-electron chi connectivity index (χ2n) is 10.9. The van der Waals surface area contributed by atoms with Gasteiger partial charge in [-0.3, -0.25) is 0 Å². The maximum Gasteiger partial charge on any atom is 0.335 e. The van der Waals surface area contributed by atoms with E-state index in [2.05, 4.69) is 61.1 Å². The number of rotatable bonds is 3. The van der Waals surface area contributed by atoms with Gasteiger partial charge < -0.3 is 15.1 Å². The van der Waals surface area contributed by atoms with E-state index >= 15 is 0 Å². The van der Waals surface area contributed by atoms with Crippen molar-refractivity contribution < 1.29 is 9.90 Å². The van der Waals surface area contributed by atoms with Crippen LogP contribution in [0.4, 0.5) is 0 Å². The zero-order valence-corrected chi connectivity index (χ0v) is 23.5. The summed E-state index contributed by atoms with van der Waals surface area (Å²) in [5.41, 5.74) is 15.0. The summed E-state index contributed by atoms with van der Waals surface area (Å²) < 4.78 is 0. The molecular formula is C36H28N4O2. The Bertz CT molecular complexity index is 2120. The number of hydrogen-bond donors (Lipinski definition) is 3. The van der Waals surface area contributed by atoms with Gasteiger partial charge >= 0.3 is 5.97 Å². The molecule has 204 valence electrons. The molecule has 0 unspecified atom stereocenters. The molecule has 2 aromatic carbocycles. The Hall–Kier alpha value is -5.49. The van der Waals surface area contributed by atoms with Gasteiger partial charge in [-0.2, -0.15) is 0 Å². The van der Waals surface area contributed by atoms with Crippen LogP contribution in [0.1, 0.15) is 49.8 Å². The molecule has 2 aliphatic rings. The standard InChI is InChI=1S/C36H28N4O2/c1-20-16-21(2)33(22(3)17-20)35-31-14-10-27(39-31)18-25-8-12-29(37-25)34(23-4-6-24(7-5-23)36(41)42)30-13-9-26(38-30)19-28-11-15-32(35)40-28/h4-19,37,40H,1-3H3,(H,41,42). The Kier molecular flexibility index (Phi) is 5.98. The predicted molar refractivity (Wildman–Crippen MR) is 171 cm³/mol. The first-order chi connectivity index (χ1) is 20.3. The largest absolute Gasteiger partial charge is 0.478 e. The van der Waals surface area contributed by atoms with Crippen LogP contribution in [0.25, 0.3) is 68.6 Å². The van der Waals surface area contributed by atoms with Crippen LogP contribution in [0.5, 0.6) is 0 Å². The Labute approximate surface area is 242 Å². The lowest BCUT2D eigenvalue weighted by atomic mass is 9.92. The van der Waals surface area contributed by atoms with E-state index in [-0.39, 0.29) is 5.56 Å². The van der Waals surface area contributed by atoms with E-state index < -0.39 is 5.97 Å². The van der Waals surface area contributed by atoms with E-state index in [9.17, 15) is 9.90 Å². The molecule has 0 radical (unpaired) electrons. The normalized spacial score (nSPS) is 12.2. The highest BCUT2D eigenvalue weighted by Gasteiger charge is 2.16. The number of carboxylic acids is 1. The molecule has 3 N–H and O–H groups in total. The number of H-pyrrole nitrogens is 2. The quantitative estimate of drug-likeness (QED) is 0.206. The van der Waals surface area contributed by atoms with Crippen LogP contribution in [0.3, 0.4) is 0 Å². The lowest BCUT2D eigenvalue weighted by Crippen LogP contribution is -1.95. The minimum atomic E-state index is -0.954. The van der Waals surface area contributed by atoms with E-state index in [0.29, 0.717) is 0 Å². The molecule has 0 aliphatic carbocycles. The molecule has 0 saturated heterocycles. The van der Waals surface area contributed by atoms with Crippen LogP contribution < -0.4 is 0 Å². The highest BCUT2D eigenvalue weighted by molar-refractivity contribution is 5.95. The summed E-state index contributed by atoms with van der Waals surface area (Å²) >= 11 is 0. The van der Waals surface area contributed by atoms with Crippen molar-refractivity contribution in [1.82, 2.24) is 19.9 Å². The first-order valence-corrected chi connectivity index (χ1v) is 13.8. The first kappa shape index (κ1) is 25.5. The number of carboxylic acid groups (broad SMARTS) is 1. The summed E-state index contributed by atoms with van der Waals surface area (Å²) in [5.74, 6) is -0.954. The first-order valence-electron chi connectivity index (χ1n) is 13.8. The van der Waals surface area contributed by atoms with Crippen LogP contribution in [0.2, 0.25) is 0 Å². The monoisotopic (exact) mass is 548 g/mol. The fourth-order valence-electron chi connectivity index (χ4n) is 5.99. The Morgan fingerprint density at radius 2 is 1.14 bits per heavy atom. The number of aromatic carboxylic acids is 1. The molecular weight excluding hydrogens is 520 g/mol. The predicted octanol–water partition coefficient (Wildman–Crippen LogP) is 8.61. The second-order valence-corrected chi connectivity index (χ2v) is 10.9. The summed E-state index contributed by atoms with van der Waals surface area (Å²) in [6, 6.07) is 23.7. The number of hydrogen-bond acceptors (Lipinski definition) is 3. The van der Waals surface area contributed by atoms with E-state index in [0.717, 1.165) is 61.5 Å². The molecule has 6 nitrogen and oxygen atoms in total. The van der Waals surface area contributed by atoms with Gasteiger partial charge in [-0.05, 0) is 116 Å². The Balaban J connectivity index is 1.54. The van der Waals surface area contributed by atoms with Gasteiger partial charge in [0, 0.05) is 33.2 Å². The van der Waals surface area contributed by atoms with Crippen LogP contribution in [0.15, 0.2) is 72.8 Å². The molecule has 8 bridgehead atoms. The SMILES string of the molecule is Cc1cc(C)c(-c2c3nc(cc4ccc([nH]4)c(-c4ccc(C(=O)O)cc4)c4nc(cc5ccc2[nH]5)C=C4)C=C3)c(C)c1. The summed E-state index contributed by atoms with van der Waals surface area (Å²) in [4.78, 5) is 28.7. The Morgan fingerprint density at radius 3 is 1.69 bits per heavy atom. The summed E-state index contributed by atoms with van der Waals surface area (Å²) in [5, 5.41) is 9.40. The summed E-state index contributed by atoms with van der Waals surface area (Å²) in [6.45, 7) is 6.45. The minimum Gasteiger partial charge on any atom is -0.478 e. The number of aromatic nitrogens is 4. The van der Waals surface area contributed by atoms with Gasteiger partial charge in [-0.25, -0.2) is 14.8 Å². The maximum absolute atomic E-state index is 11.5. The zero-order valence-electron chi connectivity index (χ0n) is 23.5. The fourth-order valence-corrected chi connectivity index (χ4v) is 5.99. The van der Waals surface area contributed by atoms with Gasteiger partial charge in [0.1, 0.15) is 0 Å². The number of nitrogens with zero attached hydrogens (tertiary/aromatic N) is 2. The highest BCUT2D eigenvalue weighted by atomic mass is 16.4. The number of benzene rings is 2. The van der Waals surface area contributed by atoms with Crippen LogP contribution in [-0.2, 0) is 0 Å². The van der Waals surface area contributed by atoms with Gasteiger partial charge in [0.05, 0.1) is 28.3 Å². The number of aromatic amines is 2. The van der Waals surface area contributed by atoms with Gasteiger partial charge in [0.2, 0.25) is 0 Å². The van der Waals surface area contributed by atoms with Gasteiger partial charge in [-0.1, -0.05) is 29.8 Å². The van der Waals surface area contributed by atoms with E-state index in [4.69, 9.17) is 9.97 Å². The molecule has 42 heavy (non-hydrogen) atoms. The van der Waals surface area contributed by atoms with Gasteiger partial charge in [-0.15, -0.1) is 0 Å². The van der Waals surface area contributed by atoms with Crippen molar-refractivity contribution in [3.63, 3.8) is 0 Å². The van der Waals surface area contributed by atoms with E-state index in [1.54, 1.807) is 12.1 Å². The van der Waals surface area contributed by atoms with Crippen molar-refractivity contribution in [3.8, 4) is 22.3 Å². The smallest absolute Gasteiger partial charge is 0.335 e. The average molecular weight is 549 g/mol. The fraction of sp³-hybridized carbons (Fsp3) is 0.0833. The highest BCUT2D eigenvalue weighted by Crippen LogP contribution is 2.35. The van der Waals surface area contributed by atoms with Crippen molar-refractivity contribution in [2.75, 3.05) is 0 Å². The number of nitrogens with one attached hydrogen (secondary N) is 2. The van der Waals surface area contributed by atoms with Crippen molar-refractivity contribution in [2.45, 2.75) is 20.8 Å². The third-order valence-corrected chi connectivity index (χ3v) is 7.75. The number of carbonyl (C=O) groups is 1. The van der Waals surface area contributed by atoms with Gasteiger partial charge in [0.15, 0.2) is 0 Å². The minimum absolute atomic E-state index is 0.241. The van der Waals surface area contributed by atoms with Gasteiger partial charge in [0.25, 0.3) is 0 Å². The van der Waals surface area contributed by atoms with Crippen LogP contribution in [-0.4, -0.2) is 31.0 Å². The lowest BCUT2D eigenvalue weighted by Gasteiger charge is -2.13. The molecule has 3 aromatic heterocycles. The molecule has 0 amide bonds. The van der Waals surface area contributed by atoms with Crippen LogP contribution >= 0.6 is 0 Å². The van der Waals surface area contributed by atoms with E-state index in [1.807, 2.05) is 54.6 Å². The Morgan fingerprint density at radius 1 is 0.619 bits per heavy atom. The topological polar surface area (TPSA) is 94.7 Å². The lowest BCUT2D eigenvalue weighted by molar-refractivity contribution is 0.0697. The molecule has 6 heteroatoms. The summed E-state index contributed by atoms with van der Waals surface area (Å²) in [7, 11) is 0. The van der Waals surface area contributed by atoms with Crippen molar-refractivity contribution in [3.05, 3.63) is 118 Å². The molecule has 7 rings (SSSR count). The second kappa shape index (κ2) is 9.85. The zero-order chi connectivity index (χ0) is 29.0. The third-order valence-electron chi connectivity index (χ3n) is 7.75. The molecule has 0 atom stereocenters. The molecule has 2 aliphatic heterocycles. The molecule has 0 fully saturated rings. The maximum atomic E-state index is 11.5. The third kappa shape index (κ3) is 4.53. The average Bonchev–Trinajstić information content (AvgIpc) is 3.76. The number of fused-ring (bicyclic) bond motifs is 8.